The molecule has 0 amide bonds. The Hall–Kier alpha value is -2.30. The van der Waals surface area contributed by atoms with Crippen molar-refractivity contribution in [1.82, 2.24) is 9.97 Å². The molecular weight excluding hydrogens is 302 g/mol. The summed E-state index contributed by atoms with van der Waals surface area (Å²) in [7, 11) is 1.63. The minimum absolute atomic E-state index is 0.0494. The standard InChI is InChI=1S/C19H25N3O2/c1-5-13-9-15(19(24-4)22-12(13)3)10-20-17-16(14-6-7-14)8-11(2)21-18(17)23/h8-9,14,20H,5-7,10H2,1-4H3,(H,21,23). The number of pyridine rings is 2. The van der Waals surface area contributed by atoms with Gasteiger partial charge >= 0.3 is 0 Å². The number of rotatable bonds is 6. The van der Waals surface area contributed by atoms with Gasteiger partial charge in [-0.3, -0.25) is 4.79 Å². The molecule has 0 aliphatic heterocycles. The van der Waals surface area contributed by atoms with E-state index in [1.54, 1.807) is 7.11 Å². The lowest BCUT2D eigenvalue weighted by atomic mass is 10.1. The SMILES string of the molecule is CCc1cc(CNc2c(C3CC3)cc(C)[nH]c2=O)c(OC)nc1C. The Morgan fingerprint density at radius 3 is 2.67 bits per heavy atom. The van der Waals surface area contributed by atoms with Crippen molar-refractivity contribution in [1.29, 1.82) is 0 Å². The molecule has 24 heavy (non-hydrogen) atoms. The quantitative estimate of drug-likeness (QED) is 0.853. The summed E-state index contributed by atoms with van der Waals surface area (Å²) in [5.41, 5.74) is 5.84. The van der Waals surface area contributed by atoms with E-state index in [0.717, 1.165) is 41.8 Å². The van der Waals surface area contributed by atoms with E-state index in [4.69, 9.17) is 4.74 Å². The summed E-state index contributed by atoms with van der Waals surface area (Å²) in [4.78, 5) is 19.8. The third-order valence-electron chi connectivity index (χ3n) is 4.60. The van der Waals surface area contributed by atoms with Gasteiger partial charge in [-0.1, -0.05) is 6.92 Å². The Bertz CT molecular complexity index is 807. The molecule has 2 aromatic heterocycles. The molecule has 0 saturated heterocycles. The van der Waals surface area contributed by atoms with Crippen LogP contribution in [-0.4, -0.2) is 17.1 Å². The van der Waals surface area contributed by atoms with Gasteiger partial charge in [0.1, 0.15) is 5.69 Å². The van der Waals surface area contributed by atoms with Crippen molar-refractivity contribution in [2.24, 2.45) is 0 Å². The van der Waals surface area contributed by atoms with Gasteiger partial charge in [-0.15, -0.1) is 0 Å². The van der Waals surface area contributed by atoms with Gasteiger partial charge in [0.25, 0.3) is 5.56 Å². The molecule has 1 saturated carbocycles. The molecule has 3 rings (SSSR count). The zero-order valence-electron chi connectivity index (χ0n) is 14.8. The molecule has 5 nitrogen and oxygen atoms in total. The van der Waals surface area contributed by atoms with E-state index in [1.165, 1.54) is 5.56 Å². The highest BCUT2D eigenvalue weighted by Gasteiger charge is 2.27. The van der Waals surface area contributed by atoms with Crippen LogP contribution in [0.2, 0.25) is 0 Å². The number of nitrogens with one attached hydrogen (secondary N) is 2. The minimum atomic E-state index is -0.0494. The molecule has 0 bridgehead atoms. The monoisotopic (exact) mass is 327 g/mol. The van der Waals surface area contributed by atoms with Crippen molar-refractivity contribution in [3.8, 4) is 5.88 Å². The molecule has 1 aliphatic carbocycles. The first-order chi connectivity index (χ1) is 11.5. The Morgan fingerprint density at radius 1 is 1.29 bits per heavy atom. The number of aromatic amines is 1. The number of aromatic nitrogens is 2. The first-order valence-corrected chi connectivity index (χ1v) is 8.54. The molecule has 2 N–H and O–H groups in total. The maximum Gasteiger partial charge on any atom is 0.271 e. The topological polar surface area (TPSA) is 67.0 Å². The summed E-state index contributed by atoms with van der Waals surface area (Å²) < 4.78 is 5.42. The molecule has 128 valence electrons. The average molecular weight is 327 g/mol. The van der Waals surface area contributed by atoms with Crippen LogP contribution in [0.5, 0.6) is 5.88 Å². The third kappa shape index (κ3) is 3.30. The predicted molar refractivity (Wildman–Crippen MR) is 96.0 cm³/mol. The van der Waals surface area contributed by atoms with Gasteiger partial charge in [0.15, 0.2) is 0 Å². The van der Waals surface area contributed by atoms with Crippen molar-refractivity contribution in [2.45, 2.75) is 52.5 Å². The molecule has 1 aliphatic rings. The summed E-state index contributed by atoms with van der Waals surface area (Å²) in [6.07, 6.45) is 3.24. The second-order valence-corrected chi connectivity index (χ2v) is 6.49. The summed E-state index contributed by atoms with van der Waals surface area (Å²) >= 11 is 0. The Balaban J connectivity index is 1.90. The fourth-order valence-electron chi connectivity index (χ4n) is 3.13. The lowest BCUT2D eigenvalue weighted by molar-refractivity contribution is 0.391. The predicted octanol–water partition coefficient (Wildman–Crippen LogP) is 3.45. The normalized spacial score (nSPS) is 13.8. The van der Waals surface area contributed by atoms with Gasteiger partial charge in [0.05, 0.1) is 7.11 Å². The molecule has 0 aromatic carbocycles. The number of nitrogens with zero attached hydrogens (tertiary/aromatic N) is 1. The number of ether oxygens (including phenoxy) is 1. The van der Waals surface area contributed by atoms with Gasteiger partial charge in [0.2, 0.25) is 5.88 Å². The Labute approximate surface area is 142 Å². The third-order valence-corrected chi connectivity index (χ3v) is 4.60. The highest BCUT2D eigenvalue weighted by atomic mass is 16.5. The number of aryl methyl sites for hydroxylation is 3. The molecule has 2 heterocycles. The molecule has 5 heteroatoms. The van der Waals surface area contributed by atoms with E-state index < -0.39 is 0 Å². The van der Waals surface area contributed by atoms with Crippen molar-refractivity contribution >= 4 is 5.69 Å². The molecular formula is C19H25N3O2. The van der Waals surface area contributed by atoms with Crippen LogP contribution in [0.15, 0.2) is 16.9 Å². The number of anilines is 1. The smallest absolute Gasteiger partial charge is 0.271 e. The summed E-state index contributed by atoms with van der Waals surface area (Å²) in [5, 5.41) is 3.33. The highest BCUT2D eigenvalue weighted by molar-refractivity contribution is 5.54. The zero-order chi connectivity index (χ0) is 17.3. The Kier molecular flexibility index (Phi) is 4.60. The number of H-pyrrole nitrogens is 1. The van der Waals surface area contributed by atoms with E-state index in [1.807, 2.05) is 13.8 Å². The first kappa shape index (κ1) is 16.6. The summed E-state index contributed by atoms with van der Waals surface area (Å²) in [6.45, 7) is 6.56. The van der Waals surface area contributed by atoms with Crippen LogP contribution in [-0.2, 0) is 13.0 Å². The molecule has 0 spiro atoms. The Morgan fingerprint density at radius 2 is 2.04 bits per heavy atom. The van der Waals surface area contributed by atoms with Crippen LogP contribution in [0.3, 0.4) is 0 Å². The van der Waals surface area contributed by atoms with Crippen LogP contribution < -0.4 is 15.6 Å². The second kappa shape index (κ2) is 6.67. The van der Waals surface area contributed by atoms with Gasteiger partial charge in [0, 0.05) is 23.5 Å². The fraction of sp³-hybridized carbons (Fsp3) is 0.474. The summed E-state index contributed by atoms with van der Waals surface area (Å²) in [5.74, 6) is 1.13. The van der Waals surface area contributed by atoms with Crippen molar-refractivity contribution < 1.29 is 4.74 Å². The van der Waals surface area contributed by atoms with Gasteiger partial charge in [-0.25, -0.2) is 4.98 Å². The van der Waals surface area contributed by atoms with E-state index in [-0.39, 0.29) is 5.56 Å². The van der Waals surface area contributed by atoms with Gasteiger partial charge in [-0.2, -0.15) is 0 Å². The minimum Gasteiger partial charge on any atom is -0.481 e. The summed E-state index contributed by atoms with van der Waals surface area (Å²) in [6, 6.07) is 4.21. The van der Waals surface area contributed by atoms with Gasteiger partial charge < -0.3 is 15.0 Å². The number of hydrogen-bond donors (Lipinski definition) is 2. The van der Waals surface area contributed by atoms with Crippen molar-refractivity contribution in [3.05, 3.63) is 50.6 Å². The van der Waals surface area contributed by atoms with E-state index in [9.17, 15) is 4.79 Å². The van der Waals surface area contributed by atoms with E-state index >= 15 is 0 Å². The van der Waals surface area contributed by atoms with Crippen LogP contribution in [0.1, 0.15) is 53.8 Å². The van der Waals surface area contributed by atoms with Crippen LogP contribution in [0.4, 0.5) is 5.69 Å². The fourth-order valence-corrected chi connectivity index (χ4v) is 3.13. The van der Waals surface area contributed by atoms with Crippen LogP contribution in [0.25, 0.3) is 0 Å². The molecule has 0 unspecified atom stereocenters. The molecule has 2 aromatic rings. The number of methoxy groups -OCH3 is 1. The van der Waals surface area contributed by atoms with E-state index in [0.29, 0.717) is 24.0 Å². The second-order valence-electron chi connectivity index (χ2n) is 6.49. The van der Waals surface area contributed by atoms with Crippen LogP contribution >= 0.6 is 0 Å². The molecule has 0 atom stereocenters. The first-order valence-electron chi connectivity index (χ1n) is 8.54. The molecule has 0 radical (unpaired) electrons. The maximum absolute atomic E-state index is 12.4. The molecule has 1 fully saturated rings. The zero-order valence-corrected chi connectivity index (χ0v) is 14.8. The average Bonchev–Trinajstić information content (AvgIpc) is 3.38. The number of hydrogen-bond acceptors (Lipinski definition) is 4. The largest absolute Gasteiger partial charge is 0.481 e. The maximum atomic E-state index is 12.4. The highest BCUT2D eigenvalue weighted by Crippen LogP contribution is 2.42. The van der Waals surface area contributed by atoms with E-state index in [2.05, 4.69) is 34.3 Å². The lowest BCUT2D eigenvalue weighted by Gasteiger charge is -2.15. The van der Waals surface area contributed by atoms with Crippen LogP contribution in [0, 0.1) is 13.8 Å². The lowest BCUT2D eigenvalue weighted by Crippen LogP contribution is -2.18. The van der Waals surface area contributed by atoms with Crippen molar-refractivity contribution in [2.75, 3.05) is 12.4 Å². The van der Waals surface area contributed by atoms with Gasteiger partial charge in [-0.05, 0) is 62.3 Å². The van der Waals surface area contributed by atoms with Crippen molar-refractivity contribution in [3.63, 3.8) is 0 Å².